The summed E-state index contributed by atoms with van der Waals surface area (Å²) >= 11 is 0. The van der Waals surface area contributed by atoms with Gasteiger partial charge in [-0.15, -0.1) is 0 Å². The number of amides is 1. The van der Waals surface area contributed by atoms with Crippen LogP contribution in [0.25, 0.3) is 16.8 Å². The van der Waals surface area contributed by atoms with Crippen LogP contribution in [-0.4, -0.2) is 51.6 Å². The van der Waals surface area contributed by atoms with Gasteiger partial charge in [0.15, 0.2) is 5.69 Å². The first kappa shape index (κ1) is 24.1. The largest absolute Gasteiger partial charge is 0.490 e. The number of hydrogen-bond donors (Lipinski definition) is 2. The maximum atomic E-state index is 13.5. The highest BCUT2D eigenvalue weighted by atomic mass is 16.5. The molecule has 194 valence electrons. The minimum Gasteiger partial charge on any atom is -0.490 e. The monoisotopic (exact) mass is 509 g/mol. The van der Waals surface area contributed by atoms with Gasteiger partial charge >= 0.3 is 0 Å². The Morgan fingerprint density at radius 3 is 2.68 bits per heavy atom. The Bertz CT molecular complexity index is 1400. The van der Waals surface area contributed by atoms with Gasteiger partial charge in [0.25, 0.3) is 5.91 Å². The molecule has 1 amide bonds. The van der Waals surface area contributed by atoms with Crippen molar-refractivity contribution in [2.75, 3.05) is 29.9 Å². The molecule has 6 rings (SSSR count). The summed E-state index contributed by atoms with van der Waals surface area (Å²) in [7, 11) is 0. The van der Waals surface area contributed by atoms with Crippen LogP contribution in [0, 0.1) is 5.92 Å². The minimum absolute atomic E-state index is 0.246. The summed E-state index contributed by atoms with van der Waals surface area (Å²) in [6.45, 7) is 2.35. The fraction of sp³-hybridized carbons (Fsp3) is 0.310. The molecule has 0 unspecified atom stereocenters. The number of anilines is 2. The van der Waals surface area contributed by atoms with E-state index in [0.29, 0.717) is 18.2 Å². The van der Waals surface area contributed by atoms with Crippen molar-refractivity contribution < 1.29 is 9.53 Å². The molecule has 38 heavy (non-hydrogen) atoms. The first-order valence-corrected chi connectivity index (χ1v) is 13.2. The van der Waals surface area contributed by atoms with Gasteiger partial charge in [0, 0.05) is 24.8 Å². The topological polar surface area (TPSA) is 111 Å². The molecule has 1 aliphatic carbocycles. The summed E-state index contributed by atoms with van der Waals surface area (Å²) in [4.78, 5) is 15.8. The number of carbonyl (C=O) groups is 1. The van der Waals surface area contributed by atoms with E-state index in [2.05, 4.69) is 37.6 Å². The van der Waals surface area contributed by atoms with Gasteiger partial charge in [0.1, 0.15) is 5.75 Å². The number of piperidine rings is 1. The van der Waals surface area contributed by atoms with E-state index in [4.69, 9.17) is 10.5 Å². The Morgan fingerprint density at radius 1 is 1.05 bits per heavy atom. The Labute approximate surface area is 221 Å². The van der Waals surface area contributed by atoms with E-state index >= 15 is 0 Å². The van der Waals surface area contributed by atoms with Crippen molar-refractivity contribution in [1.82, 2.24) is 20.0 Å². The number of hydrogen-bond acceptors (Lipinski definition) is 7. The van der Waals surface area contributed by atoms with Crippen LogP contribution in [-0.2, 0) is 0 Å². The molecule has 9 nitrogen and oxygen atoms in total. The van der Waals surface area contributed by atoms with Gasteiger partial charge in [0.05, 0.1) is 35.6 Å². The lowest BCUT2D eigenvalue weighted by molar-refractivity contribution is 0.102. The Morgan fingerprint density at radius 2 is 1.92 bits per heavy atom. The van der Waals surface area contributed by atoms with E-state index in [9.17, 15) is 4.79 Å². The quantitative estimate of drug-likeness (QED) is 0.364. The molecule has 1 atom stereocenters. The first-order chi connectivity index (χ1) is 18.7. The highest BCUT2D eigenvalue weighted by molar-refractivity contribution is 6.07. The van der Waals surface area contributed by atoms with Crippen LogP contribution in [0.2, 0.25) is 0 Å². The van der Waals surface area contributed by atoms with Crippen molar-refractivity contribution >= 4 is 17.3 Å². The molecule has 2 aromatic carbocycles. The number of rotatable bonds is 8. The Hall–Kier alpha value is -4.24. The average molecular weight is 510 g/mol. The van der Waals surface area contributed by atoms with Crippen LogP contribution in [0.3, 0.4) is 0 Å². The van der Waals surface area contributed by atoms with Gasteiger partial charge in [0.2, 0.25) is 0 Å². The van der Waals surface area contributed by atoms with Crippen LogP contribution in [0.5, 0.6) is 5.75 Å². The number of nitrogens with two attached hydrogens (primary N) is 1. The fourth-order valence-corrected chi connectivity index (χ4v) is 5.00. The molecular formula is C29H31N7O2. The lowest BCUT2D eigenvalue weighted by Crippen LogP contribution is -2.39. The first-order valence-electron chi connectivity index (χ1n) is 13.2. The van der Waals surface area contributed by atoms with E-state index in [0.717, 1.165) is 72.7 Å². The molecule has 1 saturated carbocycles. The van der Waals surface area contributed by atoms with Gasteiger partial charge in [-0.3, -0.25) is 4.79 Å². The molecule has 3 heterocycles. The number of nitrogens with zero attached hydrogens (tertiary/aromatic N) is 5. The number of aromatic nitrogens is 4. The van der Waals surface area contributed by atoms with Crippen LogP contribution in [0.15, 0.2) is 73.2 Å². The SMILES string of the molecule is NC[C@@H]1CCCN(c2c(NC(=O)c3ccn(-c4ccnnc4)n3)ccc(OC3CC3)c2-c2ccccc2)C1. The van der Waals surface area contributed by atoms with Gasteiger partial charge in [-0.1, -0.05) is 30.3 Å². The third kappa shape index (κ3) is 5.10. The van der Waals surface area contributed by atoms with Crippen LogP contribution in [0.1, 0.15) is 36.2 Å². The molecule has 9 heteroatoms. The summed E-state index contributed by atoms with van der Waals surface area (Å²) in [6.07, 6.45) is 9.46. The molecule has 2 fully saturated rings. The van der Waals surface area contributed by atoms with Crippen LogP contribution in [0.4, 0.5) is 11.4 Å². The second-order valence-corrected chi connectivity index (χ2v) is 9.91. The lowest BCUT2D eigenvalue weighted by Gasteiger charge is -2.37. The zero-order valence-corrected chi connectivity index (χ0v) is 21.2. The summed E-state index contributed by atoms with van der Waals surface area (Å²) in [5.41, 5.74) is 10.9. The fourth-order valence-electron chi connectivity index (χ4n) is 5.00. The summed E-state index contributed by atoms with van der Waals surface area (Å²) in [5, 5.41) is 15.3. The van der Waals surface area contributed by atoms with Gasteiger partial charge in [-0.25, -0.2) is 4.68 Å². The maximum Gasteiger partial charge on any atom is 0.276 e. The summed E-state index contributed by atoms with van der Waals surface area (Å²) in [6, 6.07) is 17.7. The van der Waals surface area contributed by atoms with Crippen molar-refractivity contribution in [1.29, 1.82) is 0 Å². The van der Waals surface area contributed by atoms with E-state index < -0.39 is 0 Å². The van der Waals surface area contributed by atoms with E-state index in [1.54, 1.807) is 35.4 Å². The lowest BCUT2D eigenvalue weighted by atomic mass is 9.94. The van der Waals surface area contributed by atoms with Crippen LogP contribution < -0.4 is 20.7 Å². The standard InChI is InChI=1S/C29H31N7O2/c30-17-20-5-4-15-35(19-20)28-24(33-29(37)25-13-16-36(34-25)22-12-14-31-32-18-22)10-11-26(38-23-8-9-23)27(28)21-6-2-1-3-7-21/h1-3,6-7,10-14,16,18,20,23H,4-5,8-9,15,17,19,30H2,(H,33,37)/t20-/m0/s1. The Kier molecular flexibility index (Phi) is 6.75. The summed E-state index contributed by atoms with van der Waals surface area (Å²) < 4.78 is 8.02. The highest BCUT2D eigenvalue weighted by Gasteiger charge is 2.30. The molecule has 0 bridgehead atoms. The van der Waals surface area contributed by atoms with Crippen molar-refractivity contribution in [3.05, 3.63) is 78.9 Å². The molecule has 4 aromatic rings. The van der Waals surface area contributed by atoms with Gasteiger partial charge < -0.3 is 20.7 Å². The average Bonchev–Trinajstić information content (AvgIpc) is 3.65. The molecule has 2 aromatic heterocycles. The summed E-state index contributed by atoms with van der Waals surface area (Å²) in [5.74, 6) is 0.957. The highest BCUT2D eigenvalue weighted by Crippen LogP contribution is 2.46. The molecule has 0 spiro atoms. The number of ether oxygens (including phenoxy) is 1. The maximum absolute atomic E-state index is 13.5. The van der Waals surface area contributed by atoms with Gasteiger partial charge in [-0.05, 0) is 68.0 Å². The van der Waals surface area contributed by atoms with Crippen LogP contribution >= 0.6 is 0 Å². The zero-order valence-electron chi connectivity index (χ0n) is 21.2. The second kappa shape index (κ2) is 10.6. The number of nitrogens with one attached hydrogen (secondary N) is 1. The third-order valence-electron chi connectivity index (χ3n) is 7.09. The Balaban J connectivity index is 1.40. The molecule has 0 radical (unpaired) electrons. The molecule has 2 aliphatic rings. The van der Waals surface area contributed by atoms with Crippen molar-refractivity contribution in [2.24, 2.45) is 11.7 Å². The van der Waals surface area contributed by atoms with E-state index in [1.807, 2.05) is 30.3 Å². The van der Waals surface area contributed by atoms with Crippen molar-refractivity contribution in [3.63, 3.8) is 0 Å². The van der Waals surface area contributed by atoms with E-state index in [1.165, 1.54) is 0 Å². The predicted octanol–water partition coefficient (Wildman–Crippen LogP) is 4.30. The number of benzene rings is 2. The molecular weight excluding hydrogens is 478 g/mol. The smallest absolute Gasteiger partial charge is 0.276 e. The second-order valence-electron chi connectivity index (χ2n) is 9.91. The molecule has 1 saturated heterocycles. The predicted molar refractivity (Wildman–Crippen MR) is 147 cm³/mol. The molecule has 3 N–H and O–H groups in total. The van der Waals surface area contributed by atoms with Crippen molar-refractivity contribution in [2.45, 2.75) is 31.8 Å². The third-order valence-corrected chi connectivity index (χ3v) is 7.09. The van der Waals surface area contributed by atoms with Crippen molar-refractivity contribution in [3.8, 4) is 22.6 Å². The minimum atomic E-state index is -0.283. The normalized spacial score (nSPS) is 17.3. The number of carbonyl (C=O) groups excluding carboxylic acids is 1. The van der Waals surface area contributed by atoms with Gasteiger partial charge in [-0.2, -0.15) is 15.3 Å². The molecule has 1 aliphatic heterocycles. The zero-order chi connectivity index (χ0) is 25.9. The van der Waals surface area contributed by atoms with E-state index in [-0.39, 0.29) is 12.0 Å².